The summed E-state index contributed by atoms with van der Waals surface area (Å²) in [5.74, 6) is 11.2. The lowest BCUT2D eigenvalue weighted by molar-refractivity contribution is -0.255. The van der Waals surface area contributed by atoms with Gasteiger partial charge in [0.05, 0.1) is 67.9 Å². The maximum atomic E-state index is 14.5. The Balaban J connectivity index is 1.08. The van der Waals surface area contributed by atoms with Crippen molar-refractivity contribution >= 4 is 34.2 Å². The molecule has 7 aliphatic rings. The lowest BCUT2D eigenvalue weighted by atomic mass is 9.75. The standard InChI is InChI=1S/C54H64ClN3O15/c1-26(2)68-40-19-30-18-37(59)35(22-34(30)46(65-8)47(40)66-9)51(62)57-36-21-32-15-16-39(50(55)56-32)71-41-20-31-14-13-29(42(25-67-52(36)63)72-44-23-38(60)45(58(6)7)28(4)69-44)11-10-12-43-54(31,73-43)49(41)70-33-17-27(3)48(61)53(5,64)24-33/h15-16,18-20,22,26-29,33,36,38,41-45,48-49,59-61,64H,11,17,21,23-25H2,1-9H3,(H,57,62)/t27-,28+,29?,33-,36?,38+,41+,42?,43+,44+,45-,48+,49-,53-,54?/m1/s1. The molecule has 19 heteroatoms. The van der Waals surface area contributed by atoms with Gasteiger partial charge in [-0.25, -0.2) is 9.78 Å². The van der Waals surface area contributed by atoms with E-state index >= 15 is 0 Å². The summed E-state index contributed by atoms with van der Waals surface area (Å²) < 4.78 is 56.5. The van der Waals surface area contributed by atoms with Gasteiger partial charge >= 0.3 is 5.97 Å². The van der Waals surface area contributed by atoms with Crippen LogP contribution in [0.15, 0.2) is 42.0 Å². The lowest BCUT2D eigenvalue weighted by Gasteiger charge is -2.43. The van der Waals surface area contributed by atoms with Crippen LogP contribution < -0.4 is 24.3 Å². The molecule has 4 unspecified atom stereocenters. The molecular formula is C54H64ClN3O15. The zero-order valence-corrected chi connectivity index (χ0v) is 43.1. The SMILES string of the molecule is COc1c(OC(C)C)cc2cc(O)c(C(=O)NC3Cc4ccc(c(Cl)n4)O[C@H]4C=C5C#CC(CC#C[C@@H]6OC56[C@@H]4O[C@@H]4C[C@@H](C)[C@H](O)[C@](C)(O)C4)C(O[C@H]4C[C@H](O)[C@H](N(C)C)[C@H](C)O4)COC3=O)cc2c1OC. The first-order valence-corrected chi connectivity index (χ1v) is 25.1. The van der Waals surface area contributed by atoms with E-state index in [1.807, 2.05) is 52.8 Å². The number of fused-ring (bicyclic) bond motifs is 8. The topological polar surface area (TPSA) is 230 Å². The van der Waals surface area contributed by atoms with Crippen LogP contribution >= 0.6 is 11.6 Å². The van der Waals surface area contributed by atoms with Crippen LogP contribution in [0.2, 0.25) is 5.15 Å². The number of nitrogens with one attached hydrogen (secondary N) is 1. The number of hydrogen-bond donors (Lipinski definition) is 5. The van der Waals surface area contributed by atoms with Crippen molar-refractivity contribution < 1.29 is 72.6 Å². The number of ether oxygens (including phenoxy) is 9. The van der Waals surface area contributed by atoms with E-state index in [4.69, 9.17) is 54.2 Å². The fourth-order valence-corrected chi connectivity index (χ4v) is 11.3. The van der Waals surface area contributed by atoms with E-state index in [1.165, 1.54) is 26.4 Å². The average molecular weight is 1030 g/mol. The van der Waals surface area contributed by atoms with Crippen molar-refractivity contribution in [1.82, 2.24) is 15.2 Å². The predicted molar refractivity (Wildman–Crippen MR) is 264 cm³/mol. The number of phenols is 1. The number of aromatic nitrogens is 1. The van der Waals surface area contributed by atoms with Gasteiger partial charge in [0.1, 0.15) is 36.7 Å². The van der Waals surface area contributed by atoms with E-state index in [9.17, 15) is 30.0 Å². The number of pyridine rings is 1. The van der Waals surface area contributed by atoms with Gasteiger partial charge < -0.3 is 73.3 Å². The Bertz CT molecular complexity index is 2770. The Morgan fingerprint density at radius 3 is 2.51 bits per heavy atom. The first kappa shape index (κ1) is 52.5. The van der Waals surface area contributed by atoms with Gasteiger partial charge in [-0.1, -0.05) is 42.2 Å². The number of carbonyl (C=O) groups excluding carboxylic acids is 2. The Hall–Kier alpha value is -5.38. The van der Waals surface area contributed by atoms with Gasteiger partial charge in [-0.15, -0.1) is 0 Å². The first-order valence-electron chi connectivity index (χ1n) is 24.7. The zero-order chi connectivity index (χ0) is 52.3. The second kappa shape index (κ2) is 20.7. The molecule has 73 heavy (non-hydrogen) atoms. The van der Waals surface area contributed by atoms with E-state index in [-0.39, 0.29) is 89.8 Å². The molecule has 1 spiro atoms. The molecule has 1 amide bonds. The molecular weight excluding hydrogens is 966 g/mol. The number of likely N-dealkylation sites (N-methyl/N-ethyl adjacent to an activating group) is 1. The van der Waals surface area contributed by atoms with Crippen molar-refractivity contribution in [3.8, 4) is 52.4 Å². The van der Waals surface area contributed by atoms with Crippen molar-refractivity contribution in [2.24, 2.45) is 11.8 Å². The molecule has 3 fully saturated rings. The predicted octanol–water partition coefficient (Wildman–Crippen LogP) is 4.25. The number of carbonyl (C=O) groups is 2. The van der Waals surface area contributed by atoms with Crippen molar-refractivity contribution in [1.29, 1.82) is 0 Å². The monoisotopic (exact) mass is 1030 g/mol. The number of esters is 1. The lowest BCUT2D eigenvalue weighted by Crippen LogP contribution is -2.55. The number of hydrogen-bond acceptors (Lipinski definition) is 17. The number of amides is 1. The Kier molecular flexibility index (Phi) is 14.9. The third kappa shape index (κ3) is 10.4. The van der Waals surface area contributed by atoms with E-state index in [1.54, 1.807) is 25.1 Å². The molecule has 2 saturated heterocycles. The number of aromatic hydroxyl groups is 1. The summed E-state index contributed by atoms with van der Waals surface area (Å²) >= 11 is 6.89. The Morgan fingerprint density at radius 2 is 1.82 bits per heavy atom. The van der Waals surface area contributed by atoms with Crippen LogP contribution in [0.3, 0.4) is 0 Å². The zero-order valence-electron chi connectivity index (χ0n) is 42.3. The quantitative estimate of drug-likeness (QED) is 0.0783. The normalized spacial score (nSPS) is 34.7. The highest BCUT2D eigenvalue weighted by molar-refractivity contribution is 6.30. The summed E-state index contributed by atoms with van der Waals surface area (Å²) in [7, 11) is 6.63. The van der Waals surface area contributed by atoms with Gasteiger partial charge in [-0.2, -0.15) is 0 Å². The number of methoxy groups -OCH3 is 2. The fourth-order valence-electron chi connectivity index (χ4n) is 11.1. The number of aliphatic hydroxyl groups excluding tert-OH is 2. The third-order valence-corrected chi connectivity index (χ3v) is 14.8. The molecule has 4 aliphatic heterocycles. The highest BCUT2D eigenvalue weighted by atomic mass is 35.5. The summed E-state index contributed by atoms with van der Waals surface area (Å²) in [5, 5.41) is 48.4. The molecule has 2 aromatic carbocycles. The van der Waals surface area contributed by atoms with Gasteiger partial charge in [0, 0.05) is 42.3 Å². The van der Waals surface area contributed by atoms with Crippen molar-refractivity contribution in [3.63, 3.8) is 0 Å². The molecule has 10 rings (SSSR count). The Labute approximate surface area is 429 Å². The molecule has 392 valence electrons. The van der Waals surface area contributed by atoms with Crippen LogP contribution in [0, 0.1) is 35.5 Å². The third-order valence-electron chi connectivity index (χ3n) is 14.6. The molecule has 1 saturated carbocycles. The maximum absolute atomic E-state index is 14.5. The van der Waals surface area contributed by atoms with E-state index in [0.29, 0.717) is 28.5 Å². The van der Waals surface area contributed by atoms with Crippen molar-refractivity contribution in [3.05, 3.63) is 58.4 Å². The van der Waals surface area contributed by atoms with Gasteiger partial charge in [-0.3, -0.25) is 4.79 Å². The van der Waals surface area contributed by atoms with Gasteiger partial charge in [0.2, 0.25) is 5.75 Å². The molecule has 0 radical (unpaired) electrons. The molecule has 3 aliphatic carbocycles. The summed E-state index contributed by atoms with van der Waals surface area (Å²) in [6, 6.07) is 5.98. The number of rotatable bonds is 11. The minimum atomic E-state index is -1.42. The molecule has 18 nitrogen and oxygen atoms in total. The van der Waals surface area contributed by atoms with Crippen molar-refractivity contribution in [2.45, 2.75) is 151 Å². The largest absolute Gasteiger partial charge is 0.507 e. The fraction of sp³-hybridized carbons (Fsp3) is 0.574. The van der Waals surface area contributed by atoms with E-state index in [2.05, 4.69) is 34.0 Å². The second-order valence-electron chi connectivity index (χ2n) is 20.6. The minimum Gasteiger partial charge on any atom is -0.507 e. The number of benzene rings is 2. The van der Waals surface area contributed by atoms with Gasteiger partial charge in [0.25, 0.3) is 5.91 Å². The van der Waals surface area contributed by atoms with Crippen LogP contribution in [0.25, 0.3) is 10.8 Å². The summed E-state index contributed by atoms with van der Waals surface area (Å²) in [6.07, 6.45) is -4.73. The summed E-state index contributed by atoms with van der Waals surface area (Å²) in [4.78, 5) is 35.4. The molecule has 5 N–H and O–H groups in total. The van der Waals surface area contributed by atoms with Crippen LogP contribution in [0.5, 0.6) is 28.7 Å². The van der Waals surface area contributed by atoms with Gasteiger partial charge in [0.15, 0.2) is 40.4 Å². The first-order chi connectivity index (χ1) is 34.7. The van der Waals surface area contributed by atoms with Crippen LogP contribution in [-0.4, -0.2) is 162 Å². The van der Waals surface area contributed by atoms with Crippen LogP contribution in [-0.2, 0) is 34.9 Å². The second-order valence-corrected chi connectivity index (χ2v) is 21.0. The van der Waals surface area contributed by atoms with E-state index < -0.39 is 90.2 Å². The Morgan fingerprint density at radius 1 is 1.05 bits per heavy atom. The molecule has 5 heterocycles. The van der Waals surface area contributed by atoms with Crippen LogP contribution in [0.1, 0.15) is 76.4 Å². The van der Waals surface area contributed by atoms with E-state index in [0.717, 1.165) is 0 Å². The maximum Gasteiger partial charge on any atom is 0.329 e. The van der Waals surface area contributed by atoms with Crippen molar-refractivity contribution in [2.75, 3.05) is 34.9 Å². The number of epoxide rings is 1. The number of halogens is 1. The van der Waals surface area contributed by atoms with Crippen LogP contribution in [0.4, 0.5) is 0 Å². The minimum absolute atomic E-state index is 0.0597. The smallest absolute Gasteiger partial charge is 0.329 e. The molecule has 5 bridgehead atoms. The highest BCUT2D eigenvalue weighted by Gasteiger charge is 2.70. The molecule has 3 aromatic rings. The molecule has 15 atom stereocenters. The number of aliphatic hydroxyl groups is 3. The highest BCUT2D eigenvalue weighted by Crippen LogP contribution is 2.54. The summed E-state index contributed by atoms with van der Waals surface area (Å²) in [6.45, 7) is 8.64. The number of phenolic OH excluding ortho intramolecular Hbond substituents is 1. The molecule has 1 aromatic heterocycles. The number of nitrogens with zero attached hydrogens (tertiary/aromatic N) is 2. The van der Waals surface area contributed by atoms with Gasteiger partial charge in [-0.05, 0) is 95.9 Å². The summed E-state index contributed by atoms with van der Waals surface area (Å²) in [5.41, 5.74) is -1.94. The average Bonchev–Trinajstić information content (AvgIpc) is 3.95.